The van der Waals surface area contributed by atoms with E-state index in [9.17, 15) is 0 Å². The van der Waals surface area contributed by atoms with Crippen molar-refractivity contribution in [3.05, 3.63) is 29.0 Å². The molecule has 0 aliphatic carbocycles. The lowest BCUT2D eigenvalue weighted by molar-refractivity contribution is 0.272. The molecule has 1 aromatic heterocycles. The first-order valence-corrected chi connectivity index (χ1v) is 5.79. The van der Waals surface area contributed by atoms with Crippen LogP contribution in [0.25, 0.3) is 0 Å². The summed E-state index contributed by atoms with van der Waals surface area (Å²) in [6.07, 6.45) is 1.22. The van der Waals surface area contributed by atoms with E-state index < -0.39 is 0 Å². The minimum atomic E-state index is 0.574. The summed E-state index contributed by atoms with van der Waals surface area (Å²) in [5, 5.41) is 0.574. The van der Waals surface area contributed by atoms with E-state index in [2.05, 4.69) is 30.8 Å². The van der Waals surface area contributed by atoms with Crippen LogP contribution in [0.3, 0.4) is 0 Å². The molecule has 1 atom stereocenters. The van der Waals surface area contributed by atoms with Crippen molar-refractivity contribution in [2.75, 3.05) is 13.6 Å². The average molecular weight is 227 g/mol. The first-order valence-electron chi connectivity index (χ1n) is 5.41. The van der Waals surface area contributed by atoms with E-state index in [0.717, 1.165) is 24.7 Å². The molecule has 0 aliphatic rings. The normalized spacial score (nSPS) is 13.1. The van der Waals surface area contributed by atoms with Gasteiger partial charge in [-0.2, -0.15) is 0 Å². The molecule has 0 saturated carbocycles. The monoisotopic (exact) mass is 226 g/mol. The van der Waals surface area contributed by atoms with Gasteiger partial charge in [0.1, 0.15) is 5.15 Å². The lowest BCUT2D eigenvalue weighted by Crippen LogP contribution is -2.24. The van der Waals surface area contributed by atoms with Crippen LogP contribution in [0, 0.1) is 5.92 Å². The topological polar surface area (TPSA) is 16.1 Å². The van der Waals surface area contributed by atoms with Crippen LogP contribution in [0.15, 0.2) is 18.2 Å². The molecule has 0 aromatic carbocycles. The second kappa shape index (κ2) is 6.09. The van der Waals surface area contributed by atoms with Crippen LogP contribution >= 0.6 is 11.6 Å². The van der Waals surface area contributed by atoms with Crippen LogP contribution in [0.2, 0.25) is 5.15 Å². The molecule has 1 rings (SSSR count). The summed E-state index contributed by atoms with van der Waals surface area (Å²) in [5.41, 5.74) is 1.04. The van der Waals surface area contributed by atoms with E-state index in [1.165, 1.54) is 6.42 Å². The van der Waals surface area contributed by atoms with Crippen molar-refractivity contribution in [2.24, 2.45) is 5.92 Å². The summed E-state index contributed by atoms with van der Waals surface area (Å²) in [4.78, 5) is 6.55. The molecule has 0 amide bonds. The van der Waals surface area contributed by atoms with Gasteiger partial charge in [-0.3, -0.25) is 0 Å². The highest BCUT2D eigenvalue weighted by molar-refractivity contribution is 6.29. The first kappa shape index (κ1) is 12.5. The van der Waals surface area contributed by atoms with Gasteiger partial charge in [0.05, 0.1) is 5.69 Å². The Hall–Kier alpha value is -0.600. The molecular weight excluding hydrogens is 208 g/mol. The molecule has 0 saturated heterocycles. The van der Waals surface area contributed by atoms with Gasteiger partial charge in [0.15, 0.2) is 0 Å². The van der Waals surface area contributed by atoms with Gasteiger partial charge in [0.25, 0.3) is 0 Å². The van der Waals surface area contributed by atoms with Gasteiger partial charge in [0.2, 0.25) is 0 Å². The van der Waals surface area contributed by atoms with Crippen molar-refractivity contribution in [1.29, 1.82) is 0 Å². The van der Waals surface area contributed by atoms with E-state index in [1.807, 2.05) is 12.1 Å². The number of aromatic nitrogens is 1. The van der Waals surface area contributed by atoms with Crippen LogP contribution in [0.1, 0.15) is 26.0 Å². The standard InChI is InChI=1S/C12H19ClN2/c1-4-10(2)8-15(3)9-11-6-5-7-12(13)14-11/h5-7,10H,4,8-9H2,1-3H3. The molecule has 0 radical (unpaired) electrons. The van der Waals surface area contributed by atoms with Gasteiger partial charge >= 0.3 is 0 Å². The van der Waals surface area contributed by atoms with Gasteiger partial charge in [0, 0.05) is 13.1 Å². The summed E-state index contributed by atoms with van der Waals surface area (Å²) >= 11 is 5.83. The fourth-order valence-corrected chi connectivity index (χ4v) is 1.72. The maximum absolute atomic E-state index is 5.83. The van der Waals surface area contributed by atoms with E-state index in [4.69, 9.17) is 11.6 Å². The zero-order valence-corrected chi connectivity index (χ0v) is 10.5. The van der Waals surface area contributed by atoms with Crippen molar-refractivity contribution in [3.63, 3.8) is 0 Å². The van der Waals surface area contributed by atoms with Gasteiger partial charge in [-0.05, 0) is 25.1 Å². The van der Waals surface area contributed by atoms with Crippen LogP contribution in [0.4, 0.5) is 0 Å². The number of hydrogen-bond donors (Lipinski definition) is 0. The predicted molar refractivity (Wildman–Crippen MR) is 65.0 cm³/mol. The Labute approximate surface area is 97.3 Å². The zero-order valence-electron chi connectivity index (χ0n) is 9.70. The minimum absolute atomic E-state index is 0.574. The Morgan fingerprint density at radius 2 is 2.20 bits per heavy atom. The molecule has 84 valence electrons. The van der Waals surface area contributed by atoms with E-state index in [0.29, 0.717) is 5.15 Å². The maximum Gasteiger partial charge on any atom is 0.129 e. The van der Waals surface area contributed by atoms with Crippen LogP contribution in [0.5, 0.6) is 0 Å². The predicted octanol–water partition coefficient (Wildman–Crippen LogP) is 3.21. The molecule has 0 spiro atoms. The molecule has 1 aromatic rings. The molecule has 0 fully saturated rings. The Balaban J connectivity index is 2.47. The highest BCUT2D eigenvalue weighted by atomic mass is 35.5. The smallest absolute Gasteiger partial charge is 0.129 e. The van der Waals surface area contributed by atoms with Crippen molar-refractivity contribution in [3.8, 4) is 0 Å². The second-order valence-electron chi connectivity index (χ2n) is 4.16. The summed E-state index contributed by atoms with van der Waals surface area (Å²) < 4.78 is 0. The summed E-state index contributed by atoms with van der Waals surface area (Å²) in [7, 11) is 2.12. The fourth-order valence-electron chi connectivity index (χ4n) is 1.54. The minimum Gasteiger partial charge on any atom is -0.300 e. The largest absolute Gasteiger partial charge is 0.300 e. The number of hydrogen-bond acceptors (Lipinski definition) is 2. The molecule has 1 heterocycles. The van der Waals surface area contributed by atoms with Crippen LogP contribution < -0.4 is 0 Å². The van der Waals surface area contributed by atoms with Gasteiger partial charge in [-0.1, -0.05) is 37.9 Å². The lowest BCUT2D eigenvalue weighted by Gasteiger charge is -2.19. The molecular formula is C12H19ClN2. The van der Waals surface area contributed by atoms with Crippen molar-refractivity contribution in [2.45, 2.75) is 26.8 Å². The third kappa shape index (κ3) is 4.63. The summed E-state index contributed by atoms with van der Waals surface area (Å²) in [6.45, 7) is 6.45. The Morgan fingerprint density at radius 3 is 2.80 bits per heavy atom. The SMILES string of the molecule is CCC(C)CN(C)Cc1cccc(Cl)n1. The van der Waals surface area contributed by atoms with Crippen molar-refractivity contribution < 1.29 is 0 Å². The summed E-state index contributed by atoms with van der Waals surface area (Å²) in [6, 6.07) is 5.76. The molecule has 3 heteroatoms. The van der Waals surface area contributed by atoms with Crippen molar-refractivity contribution >= 4 is 11.6 Å². The fraction of sp³-hybridized carbons (Fsp3) is 0.583. The van der Waals surface area contributed by atoms with Crippen LogP contribution in [-0.2, 0) is 6.54 Å². The van der Waals surface area contributed by atoms with Gasteiger partial charge in [-0.25, -0.2) is 4.98 Å². The molecule has 0 N–H and O–H groups in total. The molecule has 0 bridgehead atoms. The van der Waals surface area contributed by atoms with E-state index in [1.54, 1.807) is 6.07 Å². The third-order valence-corrected chi connectivity index (χ3v) is 2.74. The van der Waals surface area contributed by atoms with Gasteiger partial charge in [-0.15, -0.1) is 0 Å². The molecule has 1 unspecified atom stereocenters. The Morgan fingerprint density at radius 1 is 1.47 bits per heavy atom. The summed E-state index contributed by atoms with van der Waals surface area (Å²) in [5.74, 6) is 0.731. The molecule has 15 heavy (non-hydrogen) atoms. The Kier molecular flexibility index (Phi) is 5.06. The lowest BCUT2D eigenvalue weighted by atomic mass is 10.1. The quantitative estimate of drug-likeness (QED) is 0.717. The number of pyridine rings is 1. The van der Waals surface area contributed by atoms with E-state index in [-0.39, 0.29) is 0 Å². The van der Waals surface area contributed by atoms with E-state index >= 15 is 0 Å². The molecule has 0 aliphatic heterocycles. The second-order valence-corrected chi connectivity index (χ2v) is 4.55. The van der Waals surface area contributed by atoms with Crippen LogP contribution in [-0.4, -0.2) is 23.5 Å². The third-order valence-electron chi connectivity index (χ3n) is 2.52. The highest BCUT2D eigenvalue weighted by Crippen LogP contribution is 2.09. The average Bonchev–Trinajstić information content (AvgIpc) is 2.17. The number of halogens is 1. The Bertz CT molecular complexity index is 301. The number of nitrogens with zero attached hydrogens (tertiary/aromatic N) is 2. The zero-order chi connectivity index (χ0) is 11.3. The highest BCUT2D eigenvalue weighted by Gasteiger charge is 2.05. The first-order chi connectivity index (χ1) is 7.11. The number of rotatable bonds is 5. The van der Waals surface area contributed by atoms with Crippen molar-refractivity contribution in [1.82, 2.24) is 9.88 Å². The maximum atomic E-state index is 5.83. The van der Waals surface area contributed by atoms with Gasteiger partial charge < -0.3 is 4.90 Å². The molecule has 2 nitrogen and oxygen atoms in total.